The second-order valence-electron chi connectivity index (χ2n) is 10.7. The number of benzene rings is 1. The number of fused-ring (bicyclic) bond motifs is 1. The van der Waals surface area contributed by atoms with Crippen molar-refractivity contribution < 1.29 is 9.53 Å². The van der Waals surface area contributed by atoms with Crippen LogP contribution in [0, 0.1) is 26.7 Å². The summed E-state index contributed by atoms with van der Waals surface area (Å²) in [7, 11) is 1.81. The second kappa shape index (κ2) is 10.2. The number of carbonyl (C=O) groups is 1. The zero-order chi connectivity index (χ0) is 25.4. The van der Waals surface area contributed by atoms with Crippen LogP contribution in [-0.2, 0) is 17.8 Å². The Morgan fingerprint density at radius 2 is 1.83 bits per heavy atom. The Labute approximate surface area is 212 Å². The number of nitrogens with one attached hydrogen (secondary N) is 2. The summed E-state index contributed by atoms with van der Waals surface area (Å²) in [5, 5.41) is 3.99. The SMILES string of the molecule is COC1CN(C2CCC(Cn3c(C)c(C(=O)NCc4c(C)cc(C)[nH]c4=O)c4ccccc43)CC2)C1. The van der Waals surface area contributed by atoms with Gasteiger partial charge in [0.15, 0.2) is 0 Å². The molecule has 0 spiro atoms. The summed E-state index contributed by atoms with van der Waals surface area (Å²) in [5.41, 5.74) is 5.00. The van der Waals surface area contributed by atoms with Crippen molar-refractivity contribution >= 4 is 16.8 Å². The number of pyridine rings is 1. The monoisotopic (exact) mass is 490 g/mol. The van der Waals surface area contributed by atoms with Crippen molar-refractivity contribution in [1.82, 2.24) is 19.8 Å². The summed E-state index contributed by atoms with van der Waals surface area (Å²) in [6.45, 7) is 9.11. The Balaban J connectivity index is 1.30. The number of aromatic amines is 1. The maximum Gasteiger partial charge on any atom is 0.254 e. The molecule has 1 aromatic carbocycles. The summed E-state index contributed by atoms with van der Waals surface area (Å²) in [6, 6.07) is 10.8. The van der Waals surface area contributed by atoms with Crippen molar-refractivity contribution in [2.24, 2.45) is 5.92 Å². The molecule has 7 nitrogen and oxygen atoms in total. The summed E-state index contributed by atoms with van der Waals surface area (Å²) in [6.07, 6.45) is 5.30. The summed E-state index contributed by atoms with van der Waals surface area (Å²) >= 11 is 0. The maximum atomic E-state index is 13.4. The zero-order valence-electron chi connectivity index (χ0n) is 21.9. The van der Waals surface area contributed by atoms with Crippen LogP contribution in [0.4, 0.5) is 0 Å². The molecule has 1 aliphatic carbocycles. The Morgan fingerprint density at radius 1 is 1.11 bits per heavy atom. The summed E-state index contributed by atoms with van der Waals surface area (Å²) < 4.78 is 7.78. The fourth-order valence-electron chi connectivity index (χ4n) is 6.18. The van der Waals surface area contributed by atoms with Crippen LogP contribution in [0.5, 0.6) is 0 Å². The van der Waals surface area contributed by atoms with E-state index in [9.17, 15) is 9.59 Å². The fourth-order valence-corrected chi connectivity index (χ4v) is 6.18. The van der Waals surface area contributed by atoms with E-state index in [0.29, 0.717) is 29.2 Å². The lowest BCUT2D eigenvalue weighted by Gasteiger charge is -2.46. The van der Waals surface area contributed by atoms with Gasteiger partial charge < -0.3 is 19.6 Å². The summed E-state index contributed by atoms with van der Waals surface area (Å²) in [4.78, 5) is 31.2. The van der Waals surface area contributed by atoms with Gasteiger partial charge in [-0.25, -0.2) is 0 Å². The van der Waals surface area contributed by atoms with E-state index >= 15 is 0 Å². The molecule has 0 bridgehead atoms. The van der Waals surface area contributed by atoms with E-state index in [0.717, 1.165) is 47.5 Å². The molecular formula is C29H38N4O3. The van der Waals surface area contributed by atoms with Crippen LogP contribution >= 0.6 is 0 Å². The van der Waals surface area contributed by atoms with E-state index in [1.54, 1.807) is 7.11 Å². The van der Waals surface area contributed by atoms with Gasteiger partial charge in [0, 0.05) is 67.2 Å². The van der Waals surface area contributed by atoms with E-state index in [-0.39, 0.29) is 18.0 Å². The van der Waals surface area contributed by atoms with Crippen molar-refractivity contribution in [1.29, 1.82) is 0 Å². The van der Waals surface area contributed by atoms with Crippen molar-refractivity contribution in [3.63, 3.8) is 0 Å². The standard InChI is InChI=1S/C29H38N4O3/c1-18-13-19(2)31-28(34)25(18)14-30-29(35)27-20(3)33(26-8-6-5-7-24(26)27)15-21-9-11-22(12-10-21)32-16-23(17-32)36-4/h5-8,13,21-23H,9-12,14-17H2,1-4H3,(H,30,35)(H,31,34). The van der Waals surface area contributed by atoms with Crippen LogP contribution < -0.4 is 10.9 Å². The number of hydrogen-bond donors (Lipinski definition) is 2. The maximum absolute atomic E-state index is 13.4. The number of aromatic nitrogens is 2. The van der Waals surface area contributed by atoms with Crippen LogP contribution in [0.1, 0.15) is 58.6 Å². The molecule has 0 unspecified atom stereocenters. The predicted octanol–water partition coefficient (Wildman–Crippen LogP) is 4.07. The van der Waals surface area contributed by atoms with Gasteiger partial charge in [-0.3, -0.25) is 14.5 Å². The first-order valence-corrected chi connectivity index (χ1v) is 13.2. The van der Waals surface area contributed by atoms with Gasteiger partial charge in [0.2, 0.25) is 0 Å². The number of para-hydroxylation sites is 1. The normalized spacial score (nSPS) is 21.0. The van der Waals surface area contributed by atoms with Crippen LogP contribution in [0.25, 0.3) is 10.9 Å². The third-order valence-corrected chi connectivity index (χ3v) is 8.36. The molecule has 2 aromatic heterocycles. The molecule has 192 valence electrons. The van der Waals surface area contributed by atoms with E-state index in [1.165, 1.54) is 25.7 Å². The first-order chi connectivity index (χ1) is 17.4. The number of rotatable bonds is 7. The third-order valence-electron chi connectivity index (χ3n) is 8.36. The number of methoxy groups -OCH3 is 1. The molecule has 2 N–H and O–H groups in total. The molecule has 0 atom stereocenters. The molecule has 1 saturated carbocycles. The number of ether oxygens (including phenoxy) is 1. The number of aryl methyl sites for hydroxylation is 2. The van der Waals surface area contributed by atoms with Crippen LogP contribution in [0.15, 0.2) is 35.1 Å². The first-order valence-electron chi connectivity index (χ1n) is 13.2. The lowest BCUT2D eigenvalue weighted by molar-refractivity contribution is -0.0598. The van der Waals surface area contributed by atoms with Crippen LogP contribution in [0.2, 0.25) is 0 Å². The smallest absolute Gasteiger partial charge is 0.254 e. The highest BCUT2D eigenvalue weighted by atomic mass is 16.5. The van der Waals surface area contributed by atoms with E-state index in [4.69, 9.17) is 4.74 Å². The van der Waals surface area contributed by atoms with Crippen LogP contribution in [0.3, 0.4) is 0 Å². The van der Waals surface area contributed by atoms with Gasteiger partial charge >= 0.3 is 0 Å². The highest BCUT2D eigenvalue weighted by Crippen LogP contribution is 2.34. The topological polar surface area (TPSA) is 79.4 Å². The van der Waals surface area contributed by atoms with Crippen molar-refractivity contribution in [2.75, 3.05) is 20.2 Å². The Morgan fingerprint density at radius 3 is 2.53 bits per heavy atom. The number of hydrogen-bond acceptors (Lipinski definition) is 4. The largest absolute Gasteiger partial charge is 0.379 e. The molecule has 7 heteroatoms. The molecule has 2 fully saturated rings. The van der Waals surface area contributed by atoms with Gasteiger partial charge in [0.25, 0.3) is 11.5 Å². The van der Waals surface area contributed by atoms with Gasteiger partial charge in [0.1, 0.15) is 0 Å². The highest BCUT2D eigenvalue weighted by Gasteiger charge is 2.34. The Kier molecular flexibility index (Phi) is 7.04. The van der Waals surface area contributed by atoms with Crippen molar-refractivity contribution in [3.05, 3.63) is 68.8 Å². The number of H-pyrrole nitrogens is 1. The Bertz CT molecular complexity index is 1310. The van der Waals surface area contributed by atoms with E-state index < -0.39 is 0 Å². The average Bonchev–Trinajstić information content (AvgIpc) is 3.10. The van der Waals surface area contributed by atoms with Gasteiger partial charge in [-0.2, -0.15) is 0 Å². The molecule has 36 heavy (non-hydrogen) atoms. The van der Waals surface area contributed by atoms with E-state index in [2.05, 4.69) is 32.8 Å². The quantitative estimate of drug-likeness (QED) is 0.523. The summed E-state index contributed by atoms with van der Waals surface area (Å²) in [5.74, 6) is 0.482. The average molecular weight is 491 g/mol. The van der Waals surface area contributed by atoms with E-state index in [1.807, 2.05) is 38.1 Å². The number of carbonyl (C=O) groups excluding carboxylic acids is 1. The molecule has 1 saturated heterocycles. The van der Waals surface area contributed by atoms with Crippen molar-refractivity contribution in [3.8, 4) is 0 Å². The minimum atomic E-state index is -0.140. The molecule has 1 amide bonds. The zero-order valence-corrected chi connectivity index (χ0v) is 21.9. The van der Waals surface area contributed by atoms with Gasteiger partial charge in [-0.1, -0.05) is 18.2 Å². The number of amides is 1. The fraction of sp³-hybridized carbons (Fsp3) is 0.517. The molecule has 3 aromatic rings. The second-order valence-corrected chi connectivity index (χ2v) is 10.7. The van der Waals surface area contributed by atoms with Gasteiger partial charge in [-0.15, -0.1) is 0 Å². The molecule has 1 aliphatic heterocycles. The highest BCUT2D eigenvalue weighted by molar-refractivity contribution is 6.08. The molecule has 2 aliphatic rings. The third kappa shape index (κ3) is 4.74. The predicted molar refractivity (Wildman–Crippen MR) is 142 cm³/mol. The lowest BCUT2D eigenvalue weighted by Crippen LogP contribution is -2.56. The molecule has 0 radical (unpaired) electrons. The van der Waals surface area contributed by atoms with Gasteiger partial charge in [-0.05, 0) is 70.1 Å². The molecular weight excluding hydrogens is 452 g/mol. The number of nitrogens with zero attached hydrogens (tertiary/aromatic N) is 2. The first kappa shape index (κ1) is 24.8. The minimum absolute atomic E-state index is 0.129. The Hall–Kier alpha value is -2.90. The minimum Gasteiger partial charge on any atom is -0.379 e. The molecule has 5 rings (SSSR count). The lowest BCUT2D eigenvalue weighted by atomic mass is 9.84. The molecule has 3 heterocycles. The van der Waals surface area contributed by atoms with Crippen molar-refractivity contribution in [2.45, 2.75) is 71.7 Å². The van der Waals surface area contributed by atoms with Crippen LogP contribution in [-0.4, -0.2) is 52.7 Å². The van der Waals surface area contributed by atoms with Gasteiger partial charge in [0.05, 0.1) is 11.7 Å². The number of likely N-dealkylation sites (tertiary alicyclic amines) is 1.